The highest BCUT2D eigenvalue weighted by Gasteiger charge is 2.31. The molecule has 3 aromatic carbocycles. The van der Waals surface area contributed by atoms with E-state index in [-0.39, 0.29) is 17.7 Å². The first kappa shape index (κ1) is 33.3. The van der Waals surface area contributed by atoms with Gasteiger partial charge in [0.15, 0.2) is 16.3 Å². The Morgan fingerprint density at radius 1 is 1.02 bits per heavy atom. The van der Waals surface area contributed by atoms with Crippen LogP contribution in [0.4, 0.5) is 0 Å². The van der Waals surface area contributed by atoms with Gasteiger partial charge in [-0.15, -0.1) is 0 Å². The van der Waals surface area contributed by atoms with Crippen molar-refractivity contribution in [1.82, 2.24) is 4.57 Å². The number of halogens is 4. The molecule has 1 aliphatic heterocycles. The zero-order chi connectivity index (χ0) is 32.2. The van der Waals surface area contributed by atoms with Gasteiger partial charge in [0.25, 0.3) is 5.56 Å². The minimum Gasteiger partial charge on any atom is -0.490 e. The lowest BCUT2D eigenvalue weighted by molar-refractivity contribution is -0.136. The van der Waals surface area contributed by atoms with E-state index in [9.17, 15) is 9.59 Å². The molecule has 0 saturated carbocycles. The highest BCUT2D eigenvalue weighted by Crippen LogP contribution is 2.36. The fourth-order valence-electron chi connectivity index (χ4n) is 4.76. The predicted octanol–water partition coefficient (Wildman–Crippen LogP) is 7.23. The molecule has 45 heavy (non-hydrogen) atoms. The van der Waals surface area contributed by atoms with Gasteiger partial charge in [0.05, 0.1) is 40.9 Å². The average Bonchev–Trinajstić information content (AvgIpc) is 3.32. The zero-order valence-corrected chi connectivity index (χ0v) is 29.7. The molecular formula is C32H26Br2Cl2N2O6S. The SMILES string of the molecule is CCOc1ccc([C@H]2C(C(=O)OC)=CN=c3s/c(=C/c4cc(Br)cc(Br)c4OCc4ccc(Cl)cc4Cl)c(=O)n32)cc1OCC. The van der Waals surface area contributed by atoms with Crippen molar-refractivity contribution in [2.45, 2.75) is 26.5 Å². The van der Waals surface area contributed by atoms with Crippen molar-refractivity contribution in [1.29, 1.82) is 0 Å². The molecule has 4 aromatic rings. The van der Waals surface area contributed by atoms with Gasteiger partial charge < -0.3 is 18.9 Å². The highest BCUT2D eigenvalue weighted by atomic mass is 79.9. The van der Waals surface area contributed by atoms with Gasteiger partial charge in [0.1, 0.15) is 12.4 Å². The molecule has 1 aromatic heterocycles. The molecule has 1 aliphatic rings. The number of fused-ring (bicyclic) bond motifs is 1. The summed E-state index contributed by atoms with van der Waals surface area (Å²) in [5.74, 6) is 0.973. The van der Waals surface area contributed by atoms with Crippen molar-refractivity contribution in [2.24, 2.45) is 4.99 Å². The number of carbonyl (C=O) groups excluding carboxylic acids is 1. The summed E-state index contributed by atoms with van der Waals surface area (Å²) in [4.78, 5) is 31.9. The molecule has 5 rings (SSSR count). The van der Waals surface area contributed by atoms with Gasteiger partial charge in [0.2, 0.25) is 0 Å². The number of benzene rings is 3. The molecule has 13 heteroatoms. The molecule has 0 spiro atoms. The summed E-state index contributed by atoms with van der Waals surface area (Å²) in [5.41, 5.74) is 1.88. The number of thiazole rings is 1. The number of nitrogens with zero attached hydrogens (tertiary/aromatic N) is 2. The number of esters is 1. The molecule has 1 atom stereocenters. The van der Waals surface area contributed by atoms with Crippen LogP contribution < -0.4 is 29.1 Å². The van der Waals surface area contributed by atoms with Gasteiger partial charge in [0, 0.05) is 31.8 Å². The average molecular weight is 797 g/mol. The fourth-order valence-corrected chi connectivity index (χ4v) is 7.55. The van der Waals surface area contributed by atoms with Crippen molar-refractivity contribution >= 4 is 78.4 Å². The monoisotopic (exact) mass is 794 g/mol. The lowest BCUT2D eigenvalue weighted by Gasteiger charge is -2.23. The lowest BCUT2D eigenvalue weighted by atomic mass is 9.97. The summed E-state index contributed by atoms with van der Waals surface area (Å²) in [5, 5.41) is 1.01. The molecule has 0 aliphatic carbocycles. The van der Waals surface area contributed by atoms with Crippen molar-refractivity contribution in [2.75, 3.05) is 20.3 Å². The van der Waals surface area contributed by atoms with Crippen molar-refractivity contribution < 1.29 is 23.7 Å². The Kier molecular flexibility index (Phi) is 10.8. The smallest absolute Gasteiger partial charge is 0.337 e. The second-order valence-corrected chi connectivity index (χ2v) is 13.2. The minimum atomic E-state index is -0.817. The van der Waals surface area contributed by atoms with Crippen molar-refractivity contribution in [3.05, 3.63) is 116 Å². The number of methoxy groups -OCH3 is 1. The van der Waals surface area contributed by atoms with Crippen LogP contribution in [0.5, 0.6) is 17.2 Å². The molecule has 0 radical (unpaired) electrons. The van der Waals surface area contributed by atoms with E-state index in [0.29, 0.717) is 65.4 Å². The summed E-state index contributed by atoms with van der Waals surface area (Å²) in [6.07, 6.45) is 3.18. The third-order valence-corrected chi connectivity index (χ3v) is 9.35. The number of aromatic nitrogens is 1. The Morgan fingerprint density at radius 3 is 2.49 bits per heavy atom. The van der Waals surface area contributed by atoms with Crippen LogP contribution in [-0.2, 0) is 16.1 Å². The maximum atomic E-state index is 14.1. The van der Waals surface area contributed by atoms with Gasteiger partial charge in [-0.1, -0.05) is 62.6 Å². The van der Waals surface area contributed by atoms with Gasteiger partial charge in [-0.2, -0.15) is 0 Å². The van der Waals surface area contributed by atoms with E-state index in [2.05, 4.69) is 36.9 Å². The van der Waals surface area contributed by atoms with Gasteiger partial charge in [-0.25, -0.2) is 9.79 Å². The first-order valence-corrected chi connectivity index (χ1v) is 16.9. The van der Waals surface area contributed by atoms with Crippen LogP contribution in [0.3, 0.4) is 0 Å². The molecule has 0 bridgehead atoms. The van der Waals surface area contributed by atoms with Crippen molar-refractivity contribution in [3.63, 3.8) is 0 Å². The summed E-state index contributed by atoms with van der Waals surface area (Å²) < 4.78 is 26.2. The number of hydrogen-bond donors (Lipinski definition) is 0. The summed E-state index contributed by atoms with van der Waals surface area (Å²) >= 11 is 20.7. The Labute approximate surface area is 289 Å². The van der Waals surface area contributed by atoms with E-state index in [1.54, 1.807) is 42.5 Å². The van der Waals surface area contributed by atoms with E-state index >= 15 is 0 Å². The Balaban J connectivity index is 1.62. The second kappa shape index (κ2) is 14.6. The topological polar surface area (TPSA) is 88.4 Å². The molecule has 2 heterocycles. The van der Waals surface area contributed by atoms with Gasteiger partial charge >= 0.3 is 5.97 Å². The fraction of sp³-hybridized carbons (Fsp3) is 0.219. The summed E-state index contributed by atoms with van der Waals surface area (Å²) in [6, 6.07) is 13.4. The number of rotatable bonds is 10. The van der Waals surface area contributed by atoms with Crippen LogP contribution in [-0.4, -0.2) is 30.9 Å². The maximum Gasteiger partial charge on any atom is 0.337 e. The minimum absolute atomic E-state index is 0.167. The van der Waals surface area contributed by atoms with E-state index in [0.717, 1.165) is 10.0 Å². The molecule has 0 N–H and O–H groups in total. The number of carbonyl (C=O) groups is 1. The number of hydrogen-bond acceptors (Lipinski definition) is 8. The predicted molar refractivity (Wildman–Crippen MR) is 183 cm³/mol. The second-order valence-electron chi connectivity index (χ2n) is 9.58. The Bertz CT molecular complexity index is 1990. The van der Waals surface area contributed by atoms with Crippen LogP contribution >= 0.6 is 66.4 Å². The molecule has 0 fully saturated rings. The molecular weight excluding hydrogens is 771 g/mol. The highest BCUT2D eigenvalue weighted by molar-refractivity contribution is 9.11. The third kappa shape index (κ3) is 7.18. The first-order chi connectivity index (χ1) is 21.6. The molecule has 234 valence electrons. The molecule has 8 nitrogen and oxygen atoms in total. The summed E-state index contributed by atoms with van der Waals surface area (Å²) in [7, 11) is 1.29. The maximum absolute atomic E-state index is 14.1. The van der Waals surface area contributed by atoms with Crippen LogP contribution in [0.25, 0.3) is 6.08 Å². The van der Waals surface area contributed by atoms with Crippen LogP contribution in [0.2, 0.25) is 10.0 Å². The van der Waals surface area contributed by atoms with Gasteiger partial charge in [-0.05, 0) is 77.8 Å². The molecule has 0 unspecified atom stereocenters. The van der Waals surface area contributed by atoms with E-state index in [1.165, 1.54) is 29.2 Å². The summed E-state index contributed by atoms with van der Waals surface area (Å²) in [6.45, 7) is 4.77. The number of ether oxygens (including phenoxy) is 4. The zero-order valence-electron chi connectivity index (χ0n) is 24.2. The standard InChI is InChI=1S/C32H26Br2Cl2N2O6S/c1-4-42-25-9-7-17(11-26(25)43-5-2)28-22(31(40)41-3)15-37-32-38(28)30(39)27(45-32)12-19-10-20(33)13-23(34)29(19)44-16-18-6-8-21(35)14-24(18)36/h6-15,28H,4-5,16H2,1-3H3/b27-12+/t28-/m0/s1. The molecule has 0 amide bonds. The van der Waals surface area contributed by atoms with E-state index < -0.39 is 12.0 Å². The van der Waals surface area contributed by atoms with Crippen LogP contribution in [0.15, 0.2) is 79.0 Å². The van der Waals surface area contributed by atoms with Crippen LogP contribution in [0.1, 0.15) is 36.6 Å². The Morgan fingerprint density at radius 2 is 1.78 bits per heavy atom. The third-order valence-electron chi connectivity index (χ3n) is 6.72. The first-order valence-electron chi connectivity index (χ1n) is 13.7. The van der Waals surface area contributed by atoms with Gasteiger partial charge in [-0.3, -0.25) is 9.36 Å². The quantitative estimate of drug-likeness (QED) is 0.158. The largest absolute Gasteiger partial charge is 0.490 e. The molecule has 0 saturated heterocycles. The van der Waals surface area contributed by atoms with Crippen LogP contribution in [0, 0.1) is 0 Å². The van der Waals surface area contributed by atoms with Crippen molar-refractivity contribution in [3.8, 4) is 17.2 Å². The van der Waals surface area contributed by atoms with E-state index in [1.807, 2.05) is 26.0 Å². The Hall–Kier alpha value is -3.09. The normalized spacial score (nSPS) is 14.3. The lowest BCUT2D eigenvalue weighted by Crippen LogP contribution is -2.39. The van der Waals surface area contributed by atoms with E-state index in [4.69, 9.17) is 42.1 Å².